The van der Waals surface area contributed by atoms with Crippen molar-refractivity contribution >= 4 is 14.2 Å². The van der Waals surface area contributed by atoms with Gasteiger partial charge in [-0.15, -0.1) is 9.42 Å². The van der Waals surface area contributed by atoms with E-state index < -0.39 is 26.6 Å². The zero-order valence-electron chi connectivity index (χ0n) is 8.73. The topological polar surface area (TPSA) is 97.2 Å². The van der Waals surface area contributed by atoms with Crippen molar-refractivity contribution in [1.29, 1.82) is 0 Å². The summed E-state index contributed by atoms with van der Waals surface area (Å²) in [6.07, 6.45) is 1.25. The molecule has 4 unspecified atom stereocenters. The molecule has 2 N–H and O–H groups in total. The van der Waals surface area contributed by atoms with E-state index in [-0.39, 0.29) is 5.95 Å². The predicted octanol–water partition coefficient (Wildman–Crippen LogP) is 0.819. The number of anilines is 1. The van der Waals surface area contributed by atoms with Crippen LogP contribution in [0.1, 0.15) is 12.8 Å². The molecule has 7 nitrogen and oxygen atoms in total. The van der Waals surface area contributed by atoms with E-state index in [4.69, 9.17) is 4.89 Å². The van der Waals surface area contributed by atoms with E-state index in [2.05, 4.69) is 24.8 Å². The first-order valence-corrected chi connectivity index (χ1v) is 6.15. The average molecular weight is 261 g/mol. The van der Waals surface area contributed by atoms with Crippen LogP contribution >= 0.6 is 8.25 Å². The highest BCUT2D eigenvalue weighted by Gasteiger charge is 2.42. The molecule has 1 aliphatic carbocycles. The number of rotatable bonds is 4. The Morgan fingerprint density at radius 3 is 2.82 bits per heavy atom. The molecular formula is C8H11FN4O3P+. The van der Waals surface area contributed by atoms with Gasteiger partial charge in [-0.25, -0.2) is 19.3 Å². The van der Waals surface area contributed by atoms with Gasteiger partial charge in [-0.05, 0) is 12.8 Å². The lowest BCUT2D eigenvalue weighted by Gasteiger charge is -2.15. The minimum absolute atomic E-state index is 0.279. The second kappa shape index (κ2) is 5.39. The van der Waals surface area contributed by atoms with Crippen LogP contribution in [-0.4, -0.2) is 38.2 Å². The molecule has 0 spiro atoms. The van der Waals surface area contributed by atoms with Crippen LogP contribution in [0.4, 0.5) is 10.3 Å². The Morgan fingerprint density at radius 1 is 1.47 bits per heavy atom. The number of halogens is 1. The van der Waals surface area contributed by atoms with Gasteiger partial charge in [-0.2, -0.15) is 0 Å². The highest BCUT2D eigenvalue weighted by atomic mass is 31.1. The van der Waals surface area contributed by atoms with Crippen LogP contribution in [0.3, 0.4) is 0 Å². The van der Waals surface area contributed by atoms with E-state index in [0.717, 1.165) is 0 Å². The van der Waals surface area contributed by atoms with Crippen molar-refractivity contribution in [3.8, 4) is 0 Å². The standard InChI is InChI=1S/C8H10FN4O3P/c9-7-5(1-2-6(7)16-17(14)15)13-8-11-3-10-4-12-8/h3-7H,1-2H2,(H-,10,11,12,13,14,15)/p+1. The van der Waals surface area contributed by atoms with Crippen LogP contribution in [-0.2, 0) is 9.09 Å². The summed E-state index contributed by atoms with van der Waals surface area (Å²) in [5.74, 6) is 0.279. The van der Waals surface area contributed by atoms with Gasteiger partial charge in [-0.3, -0.25) is 0 Å². The van der Waals surface area contributed by atoms with Gasteiger partial charge in [0, 0.05) is 4.57 Å². The van der Waals surface area contributed by atoms with E-state index in [1.165, 1.54) is 12.7 Å². The largest absolute Gasteiger partial charge is 0.695 e. The summed E-state index contributed by atoms with van der Waals surface area (Å²) in [5.41, 5.74) is 0. The molecule has 0 saturated heterocycles. The third-order valence-corrected chi connectivity index (χ3v) is 2.99. The highest BCUT2D eigenvalue weighted by molar-refractivity contribution is 7.32. The molecule has 1 aliphatic rings. The Kier molecular flexibility index (Phi) is 3.88. The zero-order chi connectivity index (χ0) is 12.3. The van der Waals surface area contributed by atoms with Gasteiger partial charge in [0.2, 0.25) is 5.95 Å². The first-order valence-electron chi connectivity index (χ1n) is 5.02. The monoisotopic (exact) mass is 261 g/mol. The number of aromatic nitrogens is 3. The summed E-state index contributed by atoms with van der Waals surface area (Å²) in [4.78, 5) is 19.8. The molecule has 0 bridgehead atoms. The molecule has 2 rings (SSSR count). The summed E-state index contributed by atoms with van der Waals surface area (Å²) in [7, 11) is -2.78. The first kappa shape index (κ1) is 12.2. The molecule has 1 aromatic rings. The molecule has 1 aromatic heterocycles. The van der Waals surface area contributed by atoms with Crippen LogP contribution in [0.15, 0.2) is 12.7 Å². The Morgan fingerprint density at radius 2 is 2.18 bits per heavy atom. The fourth-order valence-electron chi connectivity index (χ4n) is 1.78. The van der Waals surface area contributed by atoms with Crippen molar-refractivity contribution in [2.24, 2.45) is 0 Å². The van der Waals surface area contributed by atoms with Crippen molar-refractivity contribution in [2.75, 3.05) is 5.32 Å². The minimum atomic E-state index is -2.78. The second-order valence-corrected chi connectivity index (χ2v) is 4.30. The summed E-state index contributed by atoms with van der Waals surface area (Å²) in [5, 5.41) is 2.80. The molecule has 1 fully saturated rings. The summed E-state index contributed by atoms with van der Waals surface area (Å²) < 4.78 is 28.9. The van der Waals surface area contributed by atoms with E-state index in [9.17, 15) is 8.96 Å². The van der Waals surface area contributed by atoms with Gasteiger partial charge in [0.1, 0.15) is 18.8 Å². The summed E-state index contributed by atoms with van der Waals surface area (Å²) in [6, 6.07) is -0.516. The molecule has 1 saturated carbocycles. The minimum Gasteiger partial charge on any atom is -0.348 e. The number of hydrogen-bond donors (Lipinski definition) is 2. The quantitative estimate of drug-likeness (QED) is 0.774. The fourth-order valence-corrected chi connectivity index (χ4v) is 2.23. The molecule has 92 valence electrons. The number of hydrogen-bond acceptors (Lipinski definition) is 6. The SMILES string of the molecule is O=[P+](O)OC1CCC(Nc2ncncn2)C1F. The van der Waals surface area contributed by atoms with Gasteiger partial charge in [0.05, 0.1) is 6.04 Å². The van der Waals surface area contributed by atoms with E-state index >= 15 is 0 Å². The van der Waals surface area contributed by atoms with Crippen molar-refractivity contribution in [1.82, 2.24) is 15.0 Å². The molecule has 0 amide bonds. The third-order valence-electron chi connectivity index (χ3n) is 2.54. The van der Waals surface area contributed by atoms with Crippen molar-refractivity contribution in [2.45, 2.75) is 31.2 Å². The van der Waals surface area contributed by atoms with Crippen molar-refractivity contribution in [3.63, 3.8) is 0 Å². The van der Waals surface area contributed by atoms with Crippen LogP contribution < -0.4 is 5.32 Å². The van der Waals surface area contributed by atoms with Gasteiger partial charge >= 0.3 is 8.25 Å². The fraction of sp³-hybridized carbons (Fsp3) is 0.625. The lowest BCUT2D eigenvalue weighted by molar-refractivity contribution is 0.116. The second-order valence-electron chi connectivity index (χ2n) is 3.62. The zero-order valence-corrected chi connectivity index (χ0v) is 9.63. The predicted molar refractivity (Wildman–Crippen MR) is 56.1 cm³/mol. The molecule has 9 heteroatoms. The third kappa shape index (κ3) is 3.12. The van der Waals surface area contributed by atoms with Gasteiger partial charge in [0.15, 0.2) is 6.17 Å². The average Bonchev–Trinajstić information content (AvgIpc) is 2.62. The van der Waals surface area contributed by atoms with Gasteiger partial charge in [-0.1, -0.05) is 0 Å². The number of alkyl halides is 1. The molecule has 17 heavy (non-hydrogen) atoms. The number of nitrogens with one attached hydrogen (secondary N) is 1. The normalized spacial score (nSPS) is 29.1. The van der Waals surface area contributed by atoms with Crippen LogP contribution in [0.5, 0.6) is 0 Å². The van der Waals surface area contributed by atoms with Crippen LogP contribution in [0.2, 0.25) is 0 Å². The molecule has 4 atom stereocenters. The summed E-state index contributed by atoms with van der Waals surface area (Å²) >= 11 is 0. The first-order chi connectivity index (χ1) is 8.16. The van der Waals surface area contributed by atoms with Crippen LogP contribution in [0.25, 0.3) is 0 Å². The molecule has 0 radical (unpaired) electrons. The molecule has 0 aliphatic heterocycles. The maximum Gasteiger partial charge on any atom is 0.695 e. The Bertz CT molecular complexity index is 396. The summed E-state index contributed by atoms with van der Waals surface area (Å²) in [6.45, 7) is 0. The highest BCUT2D eigenvalue weighted by Crippen LogP contribution is 2.33. The van der Waals surface area contributed by atoms with E-state index in [0.29, 0.717) is 12.8 Å². The van der Waals surface area contributed by atoms with Gasteiger partial charge in [0.25, 0.3) is 0 Å². The molecule has 0 aromatic carbocycles. The van der Waals surface area contributed by atoms with Crippen molar-refractivity contribution < 1.29 is 18.4 Å². The lowest BCUT2D eigenvalue weighted by Crippen LogP contribution is -2.32. The Labute approximate surface area is 97.4 Å². The molecule has 1 heterocycles. The van der Waals surface area contributed by atoms with Crippen LogP contribution in [0, 0.1) is 0 Å². The van der Waals surface area contributed by atoms with E-state index in [1.54, 1.807) is 0 Å². The Hall–Kier alpha value is -1.24. The maximum atomic E-state index is 13.8. The Balaban J connectivity index is 1.94. The number of nitrogens with zero attached hydrogens (tertiary/aromatic N) is 3. The van der Waals surface area contributed by atoms with E-state index in [1.807, 2.05) is 0 Å². The van der Waals surface area contributed by atoms with Gasteiger partial charge < -0.3 is 5.32 Å². The van der Waals surface area contributed by atoms with Crippen molar-refractivity contribution in [3.05, 3.63) is 12.7 Å². The maximum absolute atomic E-state index is 13.8. The lowest BCUT2D eigenvalue weighted by atomic mass is 10.2. The smallest absolute Gasteiger partial charge is 0.348 e. The molecular weight excluding hydrogens is 250 g/mol.